The average Bonchev–Trinajstić information content (AvgIpc) is 2.97. The zero-order valence-electron chi connectivity index (χ0n) is 12.8. The summed E-state index contributed by atoms with van der Waals surface area (Å²) < 4.78 is 7.41. The molecule has 2 rings (SSSR count). The summed E-state index contributed by atoms with van der Waals surface area (Å²) in [5.41, 5.74) is 2.29. The Kier molecular flexibility index (Phi) is 4.14. The van der Waals surface area contributed by atoms with E-state index in [1.165, 1.54) is 11.3 Å². The maximum absolute atomic E-state index is 5.21. The number of nitrogens with zero attached hydrogens (tertiary/aromatic N) is 2. The van der Waals surface area contributed by atoms with Crippen molar-refractivity contribution in [2.75, 3.05) is 14.2 Å². The summed E-state index contributed by atoms with van der Waals surface area (Å²) in [5.74, 6) is 0.877. The van der Waals surface area contributed by atoms with Gasteiger partial charge in [-0.05, 0) is 45.5 Å². The van der Waals surface area contributed by atoms with Gasteiger partial charge in [0, 0.05) is 0 Å². The monoisotopic (exact) mass is 273 g/mol. The Balaban J connectivity index is 2.33. The zero-order valence-corrected chi connectivity index (χ0v) is 12.8. The average molecular weight is 273 g/mol. The summed E-state index contributed by atoms with van der Waals surface area (Å²) in [4.78, 5) is 4.31. The van der Waals surface area contributed by atoms with Gasteiger partial charge in [-0.3, -0.25) is 0 Å². The molecule has 1 aromatic heterocycles. The number of hydrogen-bond donors (Lipinski definition) is 1. The molecule has 0 bridgehead atoms. The molecule has 1 unspecified atom stereocenters. The van der Waals surface area contributed by atoms with Crippen molar-refractivity contribution < 1.29 is 4.74 Å². The molecule has 4 heteroatoms. The van der Waals surface area contributed by atoms with Crippen LogP contribution in [-0.2, 0) is 5.54 Å². The van der Waals surface area contributed by atoms with Gasteiger partial charge in [0.15, 0.2) is 0 Å². The number of imidazole rings is 1. The van der Waals surface area contributed by atoms with Crippen LogP contribution in [0.1, 0.15) is 38.1 Å². The van der Waals surface area contributed by atoms with Crippen molar-refractivity contribution in [3.8, 4) is 5.75 Å². The number of rotatable bonds is 5. The first kappa shape index (κ1) is 14.6. The van der Waals surface area contributed by atoms with E-state index in [1.807, 2.05) is 31.7 Å². The van der Waals surface area contributed by atoms with E-state index in [0.29, 0.717) is 0 Å². The normalized spacial score (nSPS) is 13.2. The van der Waals surface area contributed by atoms with E-state index in [1.54, 1.807) is 7.11 Å². The minimum absolute atomic E-state index is 0.114. The second-order valence-corrected chi connectivity index (χ2v) is 5.51. The van der Waals surface area contributed by atoms with E-state index >= 15 is 0 Å². The highest BCUT2D eigenvalue weighted by Crippen LogP contribution is 2.27. The molecule has 1 heterocycles. The number of hydrogen-bond acceptors (Lipinski definition) is 3. The van der Waals surface area contributed by atoms with Crippen LogP contribution in [0.3, 0.4) is 0 Å². The summed E-state index contributed by atoms with van der Waals surface area (Å²) in [6.07, 6.45) is 3.82. The van der Waals surface area contributed by atoms with Gasteiger partial charge in [-0.25, -0.2) is 4.98 Å². The van der Waals surface area contributed by atoms with Gasteiger partial charge < -0.3 is 14.6 Å². The van der Waals surface area contributed by atoms with E-state index in [4.69, 9.17) is 4.74 Å². The summed E-state index contributed by atoms with van der Waals surface area (Å²) >= 11 is 0. The lowest BCUT2D eigenvalue weighted by Gasteiger charge is -2.28. The van der Waals surface area contributed by atoms with Crippen molar-refractivity contribution in [3.05, 3.63) is 48.0 Å². The van der Waals surface area contributed by atoms with Crippen molar-refractivity contribution in [3.63, 3.8) is 0 Å². The fourth-order valence-corrected chi connectivity index (χ4v) is 2.27. The molecular formula is C16H23N3O. The number of nitrogens with one attached hydrogen (secondary N) is 1. The third kappa shape index (κ3) is 2.70. The van der Waals surface area contributed by atoms with Gasteiger partial charge in [0.1, 0.15) is 5.75 Å². The van der Waals surface area contributed by atoms with Gasteiger partial charge in [-0.2, -0.15) is 0 Å². The van der Waals surface area contributed by atoms with Gasteiger partial charge in [0.2, 0.25) is 0 Å². The summed E-state index contributed by atoms with van der Waals surface area (Å²) in [7, 11) is 3.65. The highest BCUT2D eigenvalue weighted by Gasteiger charge is 2.24. The predicted octanol–water partition coefficient (Wildman–Crippen LogP) is 2.96. The van der Waals surface area contributed by atoms with E-state index in [2.05, 4.69) is 47.8 Å². The highest BCUT2D eigenvalue weighted by atomic mass is 16.5. The minimum atomic E-state index is -0.114. The van der Waals surface area contributed by atoms with Gasteiger partial charge in [0.25, 0.3) is 0 Å². The van der Waals surface area contributed by atoms with Crippen molar-refractivity contribution in [2.45, 2.75) is 32.4 Å². The van der Waals surface area contributed by atoms with Crippen molar-refractivity contribution >= 4 is 0 Å². The smallest absolute Gasteiger partial charge is 0.118 e. The van der Waals surface area contributed by atoms with Crippen LogP contribution < -0.4 is 10.1 Å². The second-order valence-electron chi connectivity index (χ2n) is 5.51. The van der Waals surface area contributed by atoms with E-state index < -0.39 is 0 Å². The van der Waals surface area contributed by atoms with E-state index in [-0.39, 0.29) is 11.6 Å². The second kappa shape index (κ2) is 5.67. The largest absolute Gasteiger partial charge is 0.497 e. The molecule has 0 saturated heterocycles. The molecule has 20 heavy (non-hydrogen) atoms. The Morgan fingerprint density at radius 3 is 2.45 bits per heavy atom. The Morgan fingerprint density at radius 1 is 1.25 bits per heavy atom. The molecule has 0 amide bonds. The first-order chi connectivity index (χ1) is 9.49. The molecule has 1 N–H and O–H groups in total. The quantitative estimate of drug-likeness (QED) is 0.910. The number of aromatic nitrogens is 2. The first-order valence-electron chi connectivity index (χ1n) is 6.84. The lowest BCUT2D eigenvalue weighted by molar-refractivity contribution is 0.401. The SMILES string of the molecule is CNC(C)(C)c1cncn1C(C)c1ccc(OC)cc1. The van der Waals surface area contributed by atoms with E-state index in [9.17, 15) is 0 Å². The molecule has 0 radical (unpaired) electrons. The Hall–Kier alpha value is -1.81. The molecule has 0 spiro atoms. The first-order valence-corrected chi connectivity index (χ1v) is 6.84. The molecule has 2 aromatic rings. The molecule has 0 saturated carbocycles. The van der Waals surface area contributed by atoms with Crippen molar-refractivity contribution in [1.82, 2.24) is 14.9 Å². The minimum Gasteiger partial charge on any atom is -0.497 e. The summed E-state index contributed by atoms with van der Waals surface area (Å²) in [5, 5.41) is 3.33. The third-order valence-corrected chi connectivity index (χ3v) is 3.95. The highest BCUT2D eigenvalue weighted by molar-refractivity contribution is 5.30. The van der Waals surface area contributed by atoms with Crippen LogP contribution in [0.4, 0.5) is 0 Å². The van der Waals surface area contributed by atoms with E-state index in [0.717, 1.165) is 5.75 Å². The van der Waals surface area contributed by atoms with Gasteiger partial charge in [-0.15, -0.1) is 0 Å². The van der Waals surface area contributed by atoms with Crippen molar-refractivity contribution in [1.29, 1.82) is 0 Å². The van der Waals surface area contributed by atoms with Crippen molar-refractivity contribution in [2.24, 2.45) is 0 Å². The molecule has 1 aromatic carbocycles. The molecule has 4 nitrogen and oxygen atoms in total. The number of methoxy groups -OCH3 is 1. The van der Waals surface area contributed by atoms with Crippen LogP contribution in [0.5, 0.6) is 5.75 Å². The van der Waals surface area contributed by atoms with Crippen LogP contribution >= 0.6 is 0 Å². The third-order valence-electron chi connectivity index (χ3n) is 3.95. The lowest BCUT2D eigenvalue weighted by Crippen LogP contribution is -2.36. The fourth-order valence-electron chi connectivity index (χ4n) is 2.27. The molecule has 1 atom stereocenters. The van der Waals surface area contributed by atoms with Gasteiger partial charge in [-0.1, -0.05) is 12.1 Å². The molecule has 0 fully saturated rings. The predicted molar refractivity (Wildman–Crippen MR) is 81.1 cm³/mol. The van der Waals surface area contributed by atoms with Crippen LogP contribution in [0, 0.1) is 0 Å². The Bertz CT molecular complexity index is 557. The molecule has 0 aliphatic rings. The van der Waals surface area contributed by atoms with Gasteiger partial charge >= 0.3 is 0 Å². The number of benzene rings is 1. The maximum Gasteiger partial charge on any atom is 0.118 e. The van der Waals surface area contributed by atoms with Crippen LogP contribution in [0.25, 0.3) is 0 Å². The Labute approximate surface area is 120 Å². The molecule has 0 aliphatic carbocycles. The van der Waals surface area contributed by atoms with Crippen LogP contribution in [0.2, 0.25) is 0 Å². The summed E-state index contributed by atoms with van der Waals surface area (Å²) in [6.45, 7) is 6.49. The number of ether oxygens (including phenoxy) is 1. The van der Waals surface area contributed by atoms with Gasteiger partial charge in [0.05, 0.1) is 36.9 Å². The van der Waals surface area contributed by atoms with Crippen LogP contribution in [-0.4, -0.2) is 23.7 Å². The standard InChI is InChI=1S/C16H23N3O/c1-12(13-6-8-14(20-5)9-7-13)19-11-18-10-15(19)16(2,3)17-4/h6-12,17H,1-5H3. The zero-order chi connectivity index (χ0) is 14.8. The topological polar surface area (TPSA) is 39.1 Å². The summed E-state index contributed by atoms with van der Waals surface area (Å²) in [6, 6.07) is 8.40. The van der Waals surface area contributed by atoms with Crippen LogP contribution in [0.15, 0.2) is 36.8 Å². The Morgan fingerprint density at radius 2 is 1.90 bits per heavy atom. The fraction of sp³-hybridized carbons (Fsp3) is 0.438. The molecular weight excluding hydrogens is 250 g/mol. The maximum atomic E-state index is 5.21. The lowest BCUT2D eigenvalue weighted by atomic mass is 10.00. The molecule has 0 aliphatic heterocycles. The molecule has 108 valence electrons.